The van der Waals surface area contributed by atoms with Crippen molar-refractivity contribution in [3.63, 3.8) is 0 Å². The molecule has 10 nitrogen and oxygen atoms in total. The molecule has 158 valence electrons. The molecule has 0 aliphatic rings. The SMILES string of the molecule is COc1ncc(-c2cc(C)c3c(O)n(-c4cnn(C(C)(C)C#N)c4)cc3n2)c(OC)n1. The first-order valence-corrected chi connectivity index (χ1v) is 9.43. The third kappa shape index (κ3) is 3.30. The summed E-state index contributed by atoms with van der Waals surface area (Å²) >= 11 is 0. The lowest BCUT2D eigenvalue weighted by Crippen LogP contribution is -2.24. The van der Waals surface area contributed by atoms with Crippen molar-refractivity contribution in [1.82, 2.24) is 29.3 Å². The van der Waals surface area contributed by atoms with E-state index < -0.39 is 5.54 Å². The maximum absolute atomic E-state index is 10.9. The number of hydrogen-bond acceptors (Lipinski definition) is 8. The maximum Gasteiger partial charge on any atom is 0.319 e. The topological polar surface area (TPSA) is 124 Å². The second-order valence-electron chi connectivity index (χ2n) is 7.50. The maximum atomic E-state index is 10.9. The molecule has 4 aromatic rings. The Balaban J connectivity index is 1.85. The van der Waals surface area contributed by atoms with Crippen LogP contribution in [-0.4, -0.2) is 48.6 Å². The van der Waals surface area contributed by atoms with Crippen LogP contribution in [0, 0.1) is 18.3 Å². The number of nitriles is 1. The summed E-state index contributed by atoms with van der Waals surface area (Å²) < 4.78 is 13.6. The minimum atomic E-state index is -0.813. The minimum Gasteiger partial charge on any atom is -0.494 e. The molecule has 0 fully saturated rings. The molecule has 0 aliphatic carbocycles. The lowest BCUT2D eigenvalue weighted by molar-refractivity contribution is 0.353. The van der Waals surface area contributed by atoms with Gasteiger partial charge in [0, 0.05) is 12.4 Å². The largest absolute Gasteiger partial charge is 0.494 e. The lowest BCUT2D eigenvalue weighted by atomic mass is 10.1. The Morgan fingerprint density at radius 3 is 2.58 bits per heavy atom. The van der Waals surface area contributed by atoms with Crippen molar-refractivity contribution >= 4 is 10.9 Å². The number of hydrogen-bond donors (Lipinski definition) is 1. The molecule has 0 radical (unpaired) electrons. The Bertz CT molecular complexity index is 1330. The van der Waals surface area contributed by atoms with E-state index in [1.54, 1.807) is 47.9 Å². The molecule has 0 aliphatic heterocycles. The highest BCUT2D eigenvalue weighted by Gasteiger charge is 2.22. The van der Waals surface area contributed by atoms with E-state index >= 15 is 0 Å². The summed E-state index contributed by atoms with van der Waals surface area (Å²) in [5.41, 5.74) is 2.40. The van der Waals surface area contributed by atoms with E-state index in [-0.39, 0.29) is 11.9 Å². The van der Waals surface area contributed by atoms with E-state index in [1.165, 1.54) is 14.2 Å². The van der Waals surface area contributed by atoms with Crippen LogP contribution in [0.4, 0.5) is 0 Å². The van der Waals surface area contributed by atoms with Gasteiger partial charge in [-0.2, -0.15) is 15.3 Å². The van der Waals surface area contributed by atoms with Gasteiger partial charge >= 0.3 is 6.01 Å². The second kappa shape index (κ2) is 7.28. The molecule has 10 heteroatoms. The van der Waals surface area contributed by atoms with Crippen LogP contribution in [0.15, 0.2) is 30.9 Å². The number of pyridine rings is 1. The Hall–Kier alpha value is -4.13. The van der Waals surface area contributed by atoms with Gasteiger partial charge in [0.25, 0.3) is 0 Å². The van der Waals surface area contributed by atoms with Crippen LogP contribution in [-0.2, 0) is 5.54 Å². The molecule has 4 heterocycles. The molecule has 0 atom stereocenters. The highest BCUT2D eigenvalue weighted by Crippen LogP contribution is 2.36. The Kier molecular flexibility index (Phi) is 4.74. The molecular weight excluding hydrogens is 398 g/mol. The molecule has 4 aromatic heterocycles. The van der Waals surface area contributed by atoms with E-state index in [9.17, 15) is 10.4 Å². The van der Waals surface area contributed by atoms with Crippen LogP contribution in [0.25, 0.3) is 27.8 Å². The monoisotopic (exact) mass is 419 g/mol. The van der Waals surface area contributed by atoms with Crippen molar-refractivity contribution in [2.75, 3.05) is 14.2 Å². The first kappa shape index (κ1) is 20.2. The van der Waals surface area contributed by atoms with E-state index in [4.69, 9.17) is 9.47 Å². The van der Waals surface area contributed by atoms with Gasteiger partial charge in [-0.25, -0.2) is 9.97 Å². The summed E-state index contributed by atoms with van der Waals surface area (Å²) in [4.78, 5) is 13.1. The zero-order valence-electron chi connectivity index (χ0n) is 17.8. The number of aromatic nitrogens is 6. The fraction of sp³-hybridized carbons (Fsp3) is 0.286. The van der Waals surface area contributed by atoms with Gasteiger partial charge in [-0.05, 0) is 32.4 Å². The van der Waals surface area contributed by atoms with Crippen LogP contribution in [0.3, 0.4) is 0 Å². The molecule has 0 saturated heterocycles. The molecule has 0 unspecified atom stereocenters. The number of methoxy groups -OCH3 is 2. The van der Waals surface area contributed by atoms with Crippen LogP contribution >= 0.6 is 0 Å². The van der Waals surface area contributed by atoms with Crippen molar-refractivity contribution in [2.24, 2.45) is 0 Å². The summed E-state index contributed by atoms with van der Waals surface area (Å²) in [6.07, 6.45) is 6.61. The second-order valence-corrected chi connectivity index (χ2v) is 7.50. The quantitative estimate of drug-likeness (QED) is 0.524. The van der Waals surface area contributed by atoms with E-state index in [2.05, 4.69) is 26.1 Å². The molecule has 4 rings (SSSR count). The van der Waals surface area contributed by atoms with Gasteiger partial charge in [-0.15, -0.1) is 0 Å². The number of ether oxygens (including phenoxy) is 2. The van der Waals surface area contributed by atoms with Gasteiger partial charge in [0.1, 0.15) is 5.54 Å². The van der Waals surface area contributed by atoms with Crippen molar-refractivity contribution < 1.29 is 14.6 Å². The minimum absolute atomic E-state index is 0.0406. The van der Waals surface area contributed by atoms with E-state index in [0.29, 0.717) is 33.7 Å². The number of rotatable bonds is 5. The van der Waals surface area contributed by atoms with Gasteiger partial charge in [-0.1, -0.05) is 0 Å². The van der Waals surface area contributed by atoms with Gasteiger partial charge in [0.2, 0.25) is 11.8 Å². The molecule has 31 heavy (non-hydrogen) atoms. The highest BCUT2D eigenvalue weighted by atomic mass is 16.5. The van der Waals surface area contributed by atoms with Gasteiger partial charge in [-0.3, -0.25) is 9.25 Å². The summed E-state index contributed by atoms with van der Waals surface area (Å²) in [5.74, 6) is 0.376. The normalized spacial score (nSPS) is 11.5. The number of aromatic hydroxyl groups is 1. The fourth-order valence-corrected chi connectivity index (χ4v) is 3.30. The molecule has 0 bridgehead atoms. The summed E-state index contributed by atoms with van der Waals surface area (Å²) in [7, 11) is 2.99. The van der Waals surface area contributed by atoms with Crippen LogP contribution in [0.2, 0.25) is 0 Å². The number of aryl methyl sites for hydroxylation is 1. The van der Waals surface area contributed by atoms with E-state index in [1.807, 2.05) is 13.0 Å². The third-order valence-electron chi connectivity index (χ3n) is 5.02. The van der Waals surface area contributed by atoms with Gasteiger partial charge < -0.3 is 14.6 Å². The van der Waals surface area contributed by atoms with Crippen molar-refractivity contribution in [3.05, 3.63) is 36.4 Å². The summed E-state index contributed by atoms with van der Waals surface area (Å²) in [6.45, 7) is 5.41. The number of nitrogens with zero attached hydrogens (tertiary/aromatic N) is 7. The smallest absolute Gasteiger partial charge is 0.319 e. The van der Waals surface area contributed by atoms with E-state index in [0.717, 1.165) is 5.56 Å². The zero-order valence-corrected chi connectivity index (χ0v) is 17.8. The molecule has 0 saturated carbocycles. The third-order valence-corrected chi connectivity index (χ3v) is 5.02. The van der Waals surface area contributed by atoms with Gasteiger partial charge in [0.05, 0.1) is 60.5 Å². The summed E-state index contributed by atoms with van der Waals surface area (Å²) in [5, 5.41) is 25.1. The average molecular weight is 419 g/mol. The van der Waals surface area contributed by atoms with Crippen molar-refractivity contribution in [2.45, 2.75) is 26.3 Å². The fourth-order valence-electron chi connectivity index (χ4n) is 3.30. The van der Waals surface area contributed by atoms with Crippen LogP contribution in [0.5, 0.6) is 17.8 Å². The Labute approximate surface area is 178 Å². The lowest BCUT2D eigenvalue weighted by Gasteiger charge is -2.15. The number of fused-ring (bicyclic) bond motifs is 1. The Morgan fingerprint density at radius 1 is 1.13 bits per heavy atom. The molecule has 0 spiro atoms. The molecule has 0 amide bonds. The standard InChI is InChI=1S/C21H21N7O3/c1-12-6-15(14-8-23-20(31-5)26-18(14)30-4)25-16-10-27(19(29)17(12)16)13-7-24-28(9-13)21(2,3)11-22/h6-10,29H,1-5H3. The summed E-state index contributed by atoms with van der Waals surface area (Å²) in [6, 6.07) is 4.23. The molecular formula is C21H21N7O3. The zero-order chi connectivity index (χ0) is 22.3. The highest BCUT2D eigenvalue weighted by molar-refractivity contribution is 5.91. The molecule has 1 N–H and O–H groups in total. The molecule has 0 aromatic carbocycles. The van der Waals surface area contributed by atoms with Crippen molar-refractivity contribution in [1.29, 1.82) is 5.26 Å². The van der Waals surface area contributed by atoms with Gasteiger partial charge in [0.15, 0.2) is 0 Å². The predicted octanol–water partition coefficient (Wildman–Crippen LogP) is 2.97. The first-order valence-electron chi connectivity index (χ1n) is 9.43. The Morgan fingerprint density at radius 2 is 1.90 bits per heavy atom. The average Bonchev–Trinajstić information content (AvgIpc) is 3.38. The van der Waals surface area contributed by atoms with Crippen LogP contribution in [0.1, 0.15) is 19.4 Å². The first-order chi connectivity index (χ1) is 14.8. The predicted molar refractivity (Wildman–Crippen MR) is 112 cm³/mol. The van der Waals surface area contributed by atoms with Crippen LogP contribution < -0.4 is 9.47 Å². The van der Waals surface area contributed by atoms with Crippen molar-refractivity contribution in [3.8, 4) is 40.8 Å².